The van der Waals surface area contributed by atoms with Gasteiger partial charge in [0.05, 0.1) is 17.1 Å². The number of unbranched alkanes of at least 4 members (excludes halogenated alkanes) is 2. The molecule has 0 aromatic heterocycles. The summed E-state index contributed by atoms with van der Waals surface area (Å²) in [4.78, 5) is 22.1. The maximum atomic E-state index is 11.5. The first-order chi connectivity index (χ1) is 9.10. The molecular formula is C14H19NO4. The smallest absolute Gasteiger partial charge is 0.338 e. The lowest BCUT2D eigenvalue weighted by molar-refractivity contribution is -0.385. The standard InChI is InChI=1S/C14H19NO4/c1-3-5-6-7-11-8-9-12(14(16)19-4-2)10-13(11)15(17)18/h8-10H,3-7H2,1-2H3. The minimum atomic E-state index is -0.522. The van der Waals surface area contributed by atoms with Crippen molar-refractivity contribution in [2.24, 2.45) is 0 Å². The maximum Gasteiger partial charge on any atom is 0.338 e. The third-order valence-electron chi connectivity index (χ3n) is 2.84. The Morgan fingerprint density at radius 3 is 2.63 bits per heavy atom. The van der Waals surface area contributed by atoms with E-state index in [1.165, 1.54) is 6.07 Å². The van der Waals surface area contributed by atoms with Crippen molar-refractivity contribution in [3.8, 4) is 0 Å². The number of nitro benzene ring substituents is 1. The zero-order valence-corrected chi connectivity index (χ0v) is 11.3. The Morgan fingerprint density at radius 2 is 2.05 bits per heavy atom. The second-order valence-corrected chi connectivity index (χ2v) is 4.28. The molecule has 19 heavy (non-hydrogen) atoms. The predicted molar refractivity (Wildman–Crippen MR) is 72.3 cm³/mol. The second kappa shape index (κ2) is 7.51. The number of aryl methyl sites for hydroxylation is 1. The summed E-state index contributed by atoms with van der Waals surface area (Å²) in [5.41, 5.74) is 0.904. The lowest BCUT2D eigenvalue weighted by Gasteiger charge is -2.05. The molecule has 0 aliphatic rings. The molecule has 0 N–H and O–H groups in total. The molecule has 5 nitrogen and oxygen atoms in total. The van der Waals surface area contributed by atoms with Crippen molar-refractivity contribution in [1.82, 2.24) is 0 Å². The van der Waals surface area contributed by atoms with Crippen LogP contribution in [0.1, 0.15) is 49.0 Å². The molecule has 0 atom stereocenters. The number of ether oxygens (including phenoxy) is 1. The van der Waals surface area contributed by atoms with Crippen LogP contribution in [-0.4, -0.2) is 17.5 Å². The molecule has 0 bridgehead atoms. The molecule has 0 saturated heterocycles. The van der Waals surface area contributed by atoms with Gasteiger partial charge in [0, 0.05) is 11.6 Å². The highest BCUT2D eigenvalue weighted by Gasteiger charge is 2.17. The molecule has 0 fully saturated rings. The van der Waals surface area contributed by atoms with E-state index in [0.29, 0.717) is 12.0 Å². The van der Waals surface area contributed by atoms with E-state index in [2.05, 4.69) is 6.92 Å². The van der Waals surface area contributed by atoms with Crippen LogP contribution in [-0.2, 0) is 11.2 Å². The number of carbonyl (C=O) groups excluding carboxylic acids is 1. The van der Waals surface area contributed by atoms with Gasteiger partial charge in [-0.05, 0) is 25.8 Å². The van der Waals surface area contributed by atoms with Gasteiger partial charge in [-0.25, -0.2) is 4.79 Å². The largest absolute Gasteiger partial charge is 0.462 e. The normalized spacial score (nSPS) is 10.2. The minimum Gasteiger partial charge on any atom is -0.462 e. The summed E-state index contributed by atoms with van der Waals surface area (Å²) in [7, 11) is 0. The number of carbonyl (C=O) groups is 1. The van der Waals surface area contributed by atoms with Crippen LogP contribution in [0.4, 0.5) is 5.69 Å². The third-order valence-corrected chi connectivity index (χ3v) is 2.84. The van der Waals surface area contributed by atoms with Crippen molar-refractivity contribution in [3.05, 3.63) is 39.4 Å². The first-order valence-electron chi connectivity index (χ1n) is 6.54. The first-order valence-corrected chi connectivity index (χ1v) is 6.54. The molecule has 1 rings (SSSR count). The molecule has 1 aromatic carbocycles. The average molecular weight is 265 g/mol. The summed E-state index contributed by atoms with van der Waals surface area (Å²) >= 11 is 0. The molecule has 0 amide bonds. The SMILES string of the molecule is CCCCCc1ccc(C(=O)OCC)cc1[N+](=O)[O-]. The summed E-state index contributed by atoms with van der Waals surface area (Å²) in [6.07, 6.45) is 3.68. The van der Waals surface area contributed by atoms with Gasteiger partial charge in [0.15, 0.2) is 0 Å². The van der Waals surface area contributed by atoms with Gasteiger partial charge in [-0.2, -0.15) is 0 Å². The van der Waals surface area contributed by atoms with Crippen molar-refractivity contribution in [2.75, 3.05) is 6.61 Å². The molecule has 0 aliphatic carbocycles. The van der Waals surface area contributed by atoms with Crippen LogP contribution in [0.3, 0.4) is 0 Å². The van der Waals surface area contributed by atoms with Crippen LogP contribution in [0.2, 0.25) is 0 Å². The Labute approximate surface area is 112 Å². The fourth-order valence-corrected chi connectivity index (χ4v) is 1.85. The van der Waals surface area contributed by atoms with E-state index < -0.39 is 10.9 Å². The van der Waals surface area contributed by atoms with E-state index in [9.17, 15) is 14.9 Å². The Morgan fingerprint density at radius 1 is 1.32 bits per heavy atom. The van der Waals surface area contributed by atoms with Crippen LogP contribution in [0.25, 0.3) is 0 Å². The highest BCUT2D eigenvalue weighted by atomic mass is 16.6. The van der Waals surface area contributed by atoms with E-state index in [0.717, 1.165) is 19.3 Å². The number of benzene rings is 1. The molecule has 1 aromatic rings. The van der Waals surface area contributed by atoms with E-state index >= 15 is 0 Å². The second-order valence-electron chi connectivity index (χ2n) is 4.28. The number of nitrogens with zero attached hydrogens (tertiary/aromatic N) is 1. The van der Waals surface area contributed by atoms with Gasteiger partial charge in [0.25, 0.3) is 5.69 Å². The van der Waals surface area contributed by atoms with E-state index in [-0.39, 0.29) is 17.9 Å². The summed E-state index contributed by atoms with van der Waals surface area (Å²) in [5.74, 6) is -0.522. The monoisotopic (exact) mass is 265 g/mol. The Kier molecular flexibility index (Phi) is 5.99. The maximum absolute atomic E-state index is 11.5. The molecule has 0 spiro atoms. The average Bonchev–Trinajstić information content (AvgIpc) is 2.39. The van der Waals surface area contributed by atoms with Gasteiger partial charge >= 0.3 is 5.97 Å². The number of rotatable bonds is 7. The van der Waals surface area contributed by atoms with Crippen LogP contribution >= 0.6 is 0 Å². The Balaban J connectivity index is 2.94. The van der Waals surface area contributed by atoms with Crippen LogP contribution < -0.4 is 0 Å². The molecule has 0 radical (unpaired) electrons. The summed E-state index contributed by atoms with van der Waals surface area (Å²) in [6.45, 7) is 4.04. The van der Waals surface area contributed by atoms with Gasteiger partial charge in [0.2, 0.25) is 0 Å². The zero-order chi connectivity index (χ0) is 14.3. The summed E-state index contributed by atoms with van der Waals surface area (Å²) < 4.78 is 4.84. The van der Waals surface area contributed by atoms with Gasteiger partial charge in [-0.3, -0.25) is 10.1 Å². The first kappa shape index (κ1) is 15.1. The summed E-state index contributed by atoms with van der Waals surface area (Å²) in [6, 6.07) is 4.55. The van der Waals surface area contributed by atoms with Gasteiger partial charge < -0.3 is 4.74 Å². The fraction of sp³-hybridized carbons (Fsp3) is 0.500. The van der Waals surface area contributed by atoms with Crippen LogP contribution in [0.5, 0.6) is 0 Å². The highest BCUT2D eigenvalue weighted by Crippen LogP contribution is 2.23. The zero-order valence-electron chi connectivity index (χ0n) is 11.3. The Bertz CT molecular complexity index is 457. The van der Waals surface area contributed by atoms with E-state index in [1.807, 2.05) is 0 Å². The predicted octanol–water partition coefficient (Wildman–Crippen LogP) is 3.50. The van der Waals surface area contributed by atoms with Crippen molar-refractivity contribution in [1.29, 1.82) is 0 Å². The quantitative estimate of drug-likeness (QED) is 0.327. The molecular weight excluding hydrogens is 246 g/mol. The molecule has 104 valence electrons. The number of esters is 1. The van der Waals surface area contributed by atoms with Crippen molar-refractivity contribution >= 4 is 11.7 Å². The topological polar surface area (TPSA) is 69.4 Å². The number of nitro groups is 1. The fourth-order valence-electron chi connectivity index (χ4n) is 1.85. The number of hydrogen-bond donors (Lipinski definition) is 0. The van der Waals surface area contributed by atoms with Gasteiger partial charge in [0.1, 0.15) is 0 Å². The molecule has 0 unspecified atom stereocenters. The molecule has 0 heterocycles. The van der Waals surface area contributed by atoms with Crippen molar-refractivity contribution in [2.45, 2.75) is 39.5 Å². The van der Waals surface area contributed by atoms with Crippen LogP contribution in [0, 0.1) is 10.1 Å². The van der Waals surface area contributed by atoms with Crippen molar-refractivity contribution < 1.29 is 14.5 Å². The lowest BCUT2D eigenvalue weighted by atomic mass is 10.0. The lowest BCUT2D eigenvalue weighted by Crippen LogP contribution is -2.06. The summed E-state index contributed by atoms with van der Waals surface area (Å²) in [5, 5.41) is 11.0. The Hall–Kier alpha value is -1.91. The highest BCUT2D eigenvalue weighted by molar-refractivity contribution is 5.90. The minimum absolute atomic E-state index is 0.00153. The van der Waals surface area contributed by atoms with Gasteiger partial charge in [-0.15, -0.1) is 0 Å². The van der Waals surface area contributed by atoms with Gasteiger partial charge in [-0.1, -0.05) is 25.8 Å². The molecule has 0 saturated carbocycles. The van der Waals surface area contributed by atoms with Crippen molar-refractivity contribution in [3.63, 3.8) is 0 Å². The van der Waals surface area contributed by atoms with E-state index in [4.69, 9.17) is 4.74 Å². The molecule has 5 heteroatoms. The number of hydrogen-bond acceptors (Lipinski definition) is 4. The third kappa shape index (κ3) is 4.35. The van der Waals surface area contributed by atoms with E-state index in [1.54, 1.807) is 19.1 Å². The van der Waals surface area contributed by atoms with Crippen LogP contribution in [0.15, 0.2) is 18.2 Å². The molecule has 0 aliphatic heterocycles.